The fraction of sp³-hybridized carbons (Fsp3) is 0.824. The number of rotatable bonds is 14. The van der Waals surface area contributed by atoms with Crippen molar-refractivity contribution < 1.29 is 0 Å². The Balaban J connectivity index is 2.16. The Hall–Kier alpha value is -0.880. The molecule has 0 aliphatic rings. The molecule has 0 radical (unpaired) electrons. The van der Waals surface area contributed by atoms with Crippen LogP contribution in [0.1, 0.15) is 64.1 Å². The SMILES string of the molecule is CCCCCCCCCCSc1nc(C)nc(NCCNC)n1. The van der Waals surface area contributed by atoms with Gasteiger partial charge in [-0.05, 0) is 20.4 Å². The van der Waals surface area contributed by atoms with Gasteiger partial charge in [-0.15, -0.1) is 0 Å². The van der Waals surface area contributed by atoms with E-state index in [1.165, 1.54) is 51.4 Å². The summed E-state index contributed by atoms with van der Waals surface area (Å²) in [6.07, 6.45) is 10.8. The van der Waals surface area contributed by atoms with Crippen LogP contribution in [0.15, 0.2) is 5.16 Å². The van der Waals surface area contributed by atoms with Crippen molar-refractivity contribution in [2.24, 2.45) is 0 Å². The van der Waals surface area contributed by atoms with Crippen molar-refractivity contribution in [3.63, 3.8) is 0 Å². The number of unbranched alkanes of at least 4 members (excludes halogenated alkanes) is 7. The highest BCUT2D eigenvalue weighted by Crippen LogP contribution is 2.17. The maximum Gasteiger partial charge on any atom is 0.226 e. The fourth-order valence-electron chi connectivity index (χ4n) is 2.30. The Bertz CT molecular complexity index is 414. The minimum Gasteiger partial charge on any atom is -0.353 e. The lowest BCUT2D eigenvalue weighted by Gasteiger charge is -2.07. The second kappa shape index (κ2) is 13.5. The van der Waals surface area contributed by atoms with Gasteiger partial charge < -0.3 is 10.6 Å². The number of anilines is 1. The van der Waals surface area contributed by atoms with Crippen LogP contribution in [0.2, 0.25) is 0 Å². The summed E-state index contributed by atoms with van der Waals surface area (Å²) in [5.41, 5.74) is 0. The molecule has 1 rings (SSSR count). The third-order valence-corrected chi connectivity index (χ3v) is 4.55. The van der Waals surface area contributed by atoms with E-state index in [0.29, 0.717) is 5.95 Å². The zero-order valence-electron chi connectivity index (χ0n) is 15.0. The Morgan fingerprint density at radius 1 is 0.870 bits per heavy atom. The summed E-state index contributed by atoms with van der Waals surface area (Å²) in [6.45, 7) is 5.90. The topological polar surface area (TPSA) is 62.7 Å². The molecule has 0 fully saturated rings. The third-order valence-electron chi connectivity index (χ3n) is 3.61. The van der Waals surface area contributed by atoms with Gasteiger partial charge in [0.15, 0.2) is 5.16 Å². The molecule has 2 N–H and O–H groups in total. The van der Waals surface area contributed by atoms with Gasteiger partial charge in [-0.3, -0.25) is 0 Å². The van der Waals surface area contributed by atoms with Crippen molar-refractivity contribution in [2.45, 2.75) is 70.4 Å². The molecular formula is C17H33N5S. The highest BCUT2D eigenvalue weighted by Gasteiger charge is 2.04. The molecule has 0 aromatic carbocycles. The van der Waals surface area contributed by atoms with Crippen molar-refractivity contribution >= 4 is 17.7 Å². The van der Waals surface area contributed by atoms with Crippen LogP contribution < -0.4 is 10.6 Å². The molecule has 0 saturated heterocycles. The molecular weight excluding hydrogens is 306 g/mol. The molecule has 0 atom stereocenters. The predicted octanol–water partition coefficient (Wildman–Crippen LogP) is 4.04. The lowest BCUT2D eigenvalue weighted by Crippen LogP contribution is -2.19. The number of likely N-dealkylation sites (N-methyl/N-ethyl adjacent to an activating group) is 1. The van der Waals surface area contributed by atoms with E-state index in [9.17, 15) is 0 Å². The number of aryl methyl sites for hydroxylation is 1. The Kier molecular flexibility index (Phi) is 11.9. The van der Waals surface area contributed by atoms with Crippen LogP contribution >= 0.6 is 11.8 Å². The van der Waals surface area contributed by atoms with Crippen LogP contribution in [0.3, 0.4) is 0 Å². The average Bonchev–Trinajstić information content (AvgIpc) is 2.53. The Morgan fingerprint density at radius 3 is 2.26 bits per heavy atom. The number of nitrogens with zero attached hydrogens (tertiary/aromatic N) is 3. The molecule has 5 nitrogen and oxygen atoms in total. The first-order chi connectivity index (χ1) is 11.3. The Labute approximate surface area is 145 Å². The monoisotopic (exact) mass is 339 g/mol. The van der Waals surface area contributed by atoms with E-state index in [4.69, 9.17) is 0 Å². The maximum absolute atomic E-state index is 4.47. The first kappa shape index (κ1) is 20.2. The molecule has 0 unspecified atom stereocenters. The number of hydrogen-bond acceptors (Lipinski definition) is 6. The molecule has 1 heterocycles. The van der Waals surface area contributed by atoms with Gasteiger partial charge in [-0.1, -0.05) is 63.6 Å². The summed E-state index contributed by atoms with van der Waals surface area (Å²) < 4.78 is 0. The van der Waals surface area contributed by atoms with Crippen LogP contribution in [0.5, 0.6) is 0 Å². The number of hydrogen-bond donors (Lipinski definition) is 2. The highest BCUT2D eigenvalue weighted by molar-refractivity contribution is 7.99. The van der Waals surface area contributed by atoms with Crippen LogP contribution in [-0.2, 0) is 0 Å². The van der Waals surface area contributed by atoms with Crippen molar-refractivity contribution in [3.8, 4) is 0 Å². The van der Waals surface area contributed by atoms with Gasteiger partial charge in [0.25, 0.3) is 0 Å². The van der Waals surface area contributed by atoms with E-state index in [0.717, 1.165) is 29.8 Å². The summed E-state index contributed by atoms with van der Waals surface area (Å²) in [7, 11) is 1.94. The summed E-state index contributed by atoms with van der Waals surface area (Å²) in [6, 6.07) is 0. The smallest absolute Gasteiger partial charge is 0.226 e. The van der Waals surface area contributed by atoms with Gasteiger partial charge in [0.05, 0.1) is 0 Å². The summed E-state index contributed by atoms with van der Waals surface area (Å²) in [4.78, 5) is 13.2. The summed E-state index contributed by atoms with van der Waals surface area (Å²) in [5, 5.41) is 7.16. The van der Waals surface area contributed by atoms with E-state index in [-0.39, 0.29) is 0 Å². The molecule has 0 amide bonds. The second-order valence-corrected chi connectivity index (χ2v) is 6.90. The molecule has 132 valence electrons. The highest BCUT2D eigenvalue weighted by atomic mass is 32.2. The van der Waals surface area contributed by atoms with Gasteiger partial charge in [0.1, 0.15) is 5.82 Å². The van der Waals surface area contributed by atoms with Crippen molar-refractivity contribution in [1.29, 1.82) is 0 Å². The number of thioether (sulfide) groups is 1. The molecule has 23 heavy (non-hydrogen) atoms. The molecule has 1 aromatic heterocycles. The zero-order valence-corrected chi connectivity index (χ0v) is 15.8. The Morgan fingerprint density at radius 2 is 1.57 bits per heavy atom. The molecule has 0 aliphatic heterocycles. The first-order valence-corrected chi connectivity index (χ1v) is 9.98. The first-order valence-electron chi connectivity index (χ1n) is 9.00. The van der Waals surface area contributed by atoms with E-state index in [1.54, 1.807) is 11.8 Å². The molecule has 0 bridgehead atoms. The van der Waals surface area contributed by atoms with Crippen LogP contribution in [-0.4, -0.2) is 40.8 Å². The van der Waals surface area contributed by atoms with Crippen LogP contribution in [0, 0.1) is 6.92 Å². The zero-order chi connectivity index (χ0) is 16.8. The predicted molar refractivity (Wildman–Crippen MR) is 100 cm³/mol. The summed E-state index contributed by atoms with van der Waals surface area (Å²) >= 11 is 1.74. The van der Waals surface area contributed by atoms with E-state index in [2.05, 4.69) is 32.5 Å². The van der Waals surface area contributed by atoms with Gasteiger partial charge in [0.2, 0.25) is 5.95 Å². The maximum atomic E-state index is 4.47. The molecule has 0 aliphatic carbocycles. The lowest BCUT2D eigenvalue weighted by atomic mass is 10.1. The molecule has 0 saturated carbocycles. The largest absolute Gasteiger partial charge is 0.353 e. The average molecular weight is 340 g/mol. The normalized spacial score (nSPS) is 10.9. The van der Waals surface area contributed by atoms with Crippen LogP contribution in [0.4, 0.5) is 5.95 Å². The lowest BCUT2D eigenvalue weighted by molar-refractivity contribution is 0.586. The fourth-order valence-corrected chi connectivity index (χ4v) is 3.18. The van der Waals surface area contributed by atoms with E-state index >= 15 is 0 Å². The standard InChI is InChI=1S/C17H33N5S/c1-4-5-6-7-8-9-10-11-14-23-17-21-15(2)20-16(22-17)19-13-12-18-3/h18H,4-14H2,1-3H3,(H,19,20,21,22). The quantitative estimate of drug-likeness (QED) is 0.394. The molecule has 6 heteroatoms. The summed E-state index contributed by atoms with van der Waals surface area (Å²) in [5.74, 6) is 2.56. The third kappa shape index (κ3) is 10.5. The van der Waals surface area contributed by atoms with E-state index in [1.807, 2.05) is 14.0 Å². The van der Waals surface area contributed by atoms with Crippen molar-refractivity contribution in [2.75, 3.05) is 31.2 Å². The van der Waals surface area contributed by atoms with Gasteiger partial charge >= 0.3 is 0 Å². The van der Waals surface area contributed by atoms with Gasteiger partial charge in [0, 0.05) is 18.8 Å². The molecule has 1 aromatic rings. The number of nitrogens with one attached hydrogen (secondary N) is 2. The number of aromatic nitrogens is 3. The molecule has 0 spiro atoms. The van der Waals surface area contributed by atoms with Gasteiger partial charge in [-0.2, -0.15) is 9.97 Å². The minimum atomic E-state index is 0.686. The van der Waals surface area contributed by atoms with Crippen molar-refractivity contribution in [1.82, 2.24) is 20.3 Å². The van der Waals surface area contributed by atoms with Gasteiger partial charge in [-0.25, -0.2) is 4.98 Å². The van der Waals surface area contributed by atoms with Crippen molar-refractivity contribution in [3.05, 3.63) is 5.82 Å². The van der Waals surface area contributed by atoms with Crippen LogP contribution in [0.25, 0.3) is 0 Å². The minimum absolute atomic E-state index is 0.686. The second-order valence-electron chi connectivity index (χ2n) is 5.84. The van der Waals surface area contributed by atoms with E-state index < -0.39 is 0 Å².